The van der Waals surface area contributed by atoms with Crippen molar-refractivity contribution < 1.29 is 9.47 Å². The SMILES string of the molecule is C=C/C=C/CCOC12OCCC3C=CC[C@H](CCC1C)[C@H]32. The van der Waals surface area contributed by atoms with E-state index in [1.165, 1.54) is 19.3 Å². The lowest BCUT2D eigenvalue weighted by Gasteiger charge is -2.56. The minimum Gasteiger partial charge on any atom is -0.349 e. The molecule has 1 heterocycles. The molecule has 2 aliphatic carbocycles. The standard InChI is InChI=1S/C19H28O2/c1-3-4-5-6-13-20-19-15(2)10-11-16-8-7-9-17(18(16)19)12-14-21-19/h3-5,7,9,15-18H,1,6,8,10-14H2,2H3/b5-4+/t15?,16-,17?,18-,19?/m1/s1. The third-order valence-electron chi connectivity index (χ3n) is 5.58. The summed E-state index contributed by atoms with van der Waals surface area (Å²) in [6.45, 7) is 7.60. The minimum absolute atomic E-state index is 0.335. The number of allylic oxidation sites excluding steroid dienone is 4. The van der Waals surface area contributed by atoms with E-state index >= 15 is 0 Å². The molecule has 0 bridgehead atoms. The van der Waals surface area contributed by atoms with Crippen LogP contribution in [0.15, 0.2) is 37.0 Å². The van der Waals surface area contributed by atoms with E-state index in [0.717, 1.165) is 32.0 Å². The van der Waals surface area contributed by atoms with E-state index in [9.17, 15) is 0 Å². The molecule has 1 aliphatic heterocycles. The van der Waals surface area contributed by atoms with Crippen LogP contribution < -0.4 is 0 Å². The molecular formula is C19H28O2. The molecule has 1 saturated heterocycles. The molecule has 0 amide bonds. The van der Waals surface area contributed by atoms with Gasteiger partial charge in [0.15, 0.2) is 5.79 Å². The minimum atomic E-state index is -0.335. The molecule has 0 N–H and O–H groups in total. The molecule has 2 fully saturated rings. The molecule has 0 radical (unpaired) electrons. The molecule has 2 heteroatoms. The van der Waals surface area contributed by atoms with E-state index in [4.69, 9.17) is 9.47 Å². The van der Waals surface area contributed by atoms with Crippen LogP contribution in [0.25, 0.3) is 0 Å². The molecule has 0 spiro atoms. The van der Waals surface area contributed by atoms with Crippen LogP contribution >= 0.6 is 0 Å². The molecule has 3 unspecified atom stereocenters. The van der Waals surface area contributed by atoms with Gasteiger partial charge < -0.3 is 9.47 Å². The fourth-order valence-electron chi connectivity index (χ4n) is 4.59. The summed E-state index contributed by atoms with van der Waals surface area (Å²) in [6.07, 6.45) is 16.6. The van der Waals surface area contributed by atoms with Crippen LogP contribution in [0.1, 0.15) is 39.0 Å². The van der Waals surface area contributed by atoms with Gasteiger partial charge in [0.05, 0.1) is 13.2 Å². The van der Waals surface area contributed by atoms with Gasteiger partial charge >= 0.3 is 0 Å². The Hall–Kier alpha value is -0.860. The van der Waals surface area contributed by atoms with E-state index in [0.29, 0.717) is 17.8 Å². The summed E-state index contributed by atoms with van der Waals surface area (Å²) in [4.78, 5) is 0. The van der Waals surface area contributed by atoms with Crippen molar-refractivity contribution in [2.45, 2.75) is 44.8 Å². The molecule has 0 aromatic heterocycles. The Balaban J connectivity index is 1.76. The maximum atomic E-state index is 6.43. The zero-order valence-electron chi connectivity index (χ0n) is 13.2. The molecule has 3 rings (SSSR count). The highest BCUT2D eigenvalue weighted by Crippen LogP contribution is 2.54. The normalized spacial score (nSPS) is 42.0. The smallest absolute Gasteiger partial charge is 0.174 e. The van der Waals surface area contributed by atoms with Gasteiger partial charge in [0.25, 0.3) is 0 Å². The second-order valence-corrected chi connectivity index (χ2v) is 6.75. The Morgan fingerprint density at radius 2 is 2.29 bits per heavy atom. The Kier molecular flexibility index (Phi) is 4.66. The summed E-state index contributed by atoms with van der Waals surface area (Å²) in [5.41, 5.74) is 0. The van der Waals surface area contributed by atoms with E-state index in [-0.39, 0.29) is 5.79 Å². The van der Waals surface area contributed by atoms with Crippen molar-refractivity contribution in [1.29, 1.82) is 0 Å². The first-order valence-electron chi connectivity index (χ1n) is 8.50. The quantitative estimate of drug-likeness (QED) is 0.421. The van der Waals surface area contributed by atoms with Gasteiger partial charge in [-0.25, -0.2) is 0 Å². The van der Waals surface area contributed by atoms with E-state index in [1.807, 2.05) is 12.2 Å². The second-order valence-electron chi connectivity index (χ2n) is 6.75. The monoisotopic (exact) mass is 288 g/mol. The second kappa shape index (κ2) is 6.50. The van der Waals surface area contributed by atoms with Crippen LogP contribution in [0.2, 0.25) is 0 Å². The molecule has 116 valence electrons. The summed E-state index contributed by atoms with van der Waals surface area (Å²) in [7, 11) is 0. The summed E-state index contributed by atoms with van der Waals surface area (Å²) in [6, 6.07) is 0. The van der Waals surface area contributed by atoms with E-state index < -0.39 is 0 Å². The predicted octanol–water partition coefficient (Wildman–Crippen LogP) is 4.49. The zero-order chi connectivity index (χ0) is 14.7. The molecule has 2 nitrogen and oxygen atoms in total. The Bertz CT molecular complexity index is 425. The Morgan fingerprint density at radius 3 is 3.14 bits per heavy atom. The fraction of sp³-hybridized carbons (Fsp3) is 0.684. The van der Waals surface area contributed by atoms with Gasteiger partial charge in [-0.3, -0.25) is 0 Å². The third-order valence-corrected chi connectivity index (χ3v) is 5.58. The van der Waals surface area contributed by atoms with Crippen molar-refractivity contribution in [1.82, 2.24) is 0 Å². The number of hydrogen-bond acceptors (Lipinski definition) is 2. The highest BCUT2D eigenvalue weighted by Gasteiger charge is 2.56. The molecular weight excluding hydrogens is 260 g/mol. The molecule has 1 saturated carbocycles. The molecule has 0 aromatic carbocycles. The predicted molar refractivity (Wildman–Crippen MR) is 85.8 cm³/mol. The first kappa shape index (κ1) is 15.1. The number of rotatable bonds is 5. The van der Waals surface area contributed by atoms with Gasteiger partial charge in [-0.15, -0.1) is 0 Å². The molecule has 21 heavy (non-hydrogen) atoms. The molecule has 0 aromatic rings. The van der Waals surface area contributed by atoms with Crippen molar-refractivity contribution in [3.8, 4) is 0 Å². The first-order chi connectivity index (χ1) is 10.3. The molecule has 3 aliphatic rings. The number of ether oxygens (including phenoxy) is 2. The van der Waals surface area contributed by atoms with Gasteiger partial charge in [-0.2, -0.15) is 0 Å². The third kappa shape index (κ3) is 2.76. The maximum Gasteiger partial charge on any atom is 0.174 e. The van der Waals surface area contributed by atoms with Crippen LogP contribution in [0.4, 0.5) is 0 Å². The van der Waals surface area contributed by atoms with Crippen molar-refractivity contribution in [3.05, 3.63) is 37.0 Å². The van der Waals surface area contributed by atoms with Crippen molar-refractivity contribution in [3.63, 3.8) is 0 Å². The van der Waals surface area contributed by atoms with Gasteiger partial charge in [0, 0.05) is 11.8 Å². The van der Waals surface area contributed by atoms with E-state index in [2.05, 4.69) is 31.7 Å². The van der Waals surface area contributed by atoms with Crippen molar-refractivity contribution in [2.75, 3.05) is 13.2 Å². The van der Waals surface area contributed by atoms with Gasteiger partial charge in [-0.05, 0) is 43.9 Å². The largest absolute Gasteiger partial charge is 0.349 e. The summed E-state index contributed by atoms with van der Waals surface area (Å²) in [5, 5.41) is 0. The zero-order valence-corrected chi connectivity index (χ0v) is 13.2. The van der Waals surface area contributed by atoms with Crippen molar-refractivity contribution >= 4 is 0 Å². The first-order valence-corrected chi connectivity index (χ1v) is 8.50. The maximum absolute atomic E-state index is 6.43. The van der Waals surface area contributed by atoms with Crippen LogP contribution in [0, 0.1) is 23.7 Å². The summed E-state index contributed by atoms with van der Waals surface area (Å²) in [5.74, 6) is 2.13. The fourth-order valence-corrected chi connectivity index (χ4v) is 4.59. The average Bonchev–Trinajstić information content (AvgIpc) is 2.51. The van der Waals surface area contributed by atoms with Crippen LogP contribution in [-0.4, -0.2) is 19.0 Å². The summed E-state index contributed by atoms with van der Waals surface area (Å²) >= 11 is 0. The van der Waals surface area contributed by atoms with Gasteiger partial charge in [-0.1, -0.05) is 43.9 Å². The topological polar surface area (TPSA) is 18.5 Å². The summed E-state index contributed by atoms with van der Waals surface area (Å²) < 4.78 is 12.8. The van der Waals surface area contributed by atoms with Gasteiger partial charge in [0.2, 0.25) is 0 Å². The Labute approximate surface area is 128 Å². The lowest BCUT2D eigenvalue weighted by atomic mass is 9.60. The van der Waals surface area contributed by atoms with Gasteiger partial charge in [0.1, 0.15) is 0 Å². The Morgan fingerprint density at radius 1 is 1.38 bits per heavy atom. The lowest BCUT2D eigenvalue weighted by molar-refractivity contribution is -0.338. The molecule has 5 atom stereocenters. The van der Waals surface area contributed by atoms with Crippen LogP contribution in [0.3, 0.4) is 0 Å². The van der Waals surface area contributed by atoms with Crippen LogP contribution in [0.5, 0.6) is 0 Å². The lowest BCUT2D eigenvalue weighted by Crippen LogP contribution is -2.60. The number of hydrogen-bond donors (Lipinski definition) is 0. The average molecular weight is 288 g/mol. The highest BCUT2D eigenvalue weighted by atomic mass is 16.7. The van der Waals surface area contributed by atoms with E-state index in [1.54, 1.807) is 0 Å². The highest BCUT2D eigenvalue weighted by molar-refractivity contribution is 5.09. The van der Waals surface area contributed by atoms with Crippen LogP contribution in [-0.2, 0) is 9.47 Å². The van der Waals surface area contributed by atoms with Crippen molar-refractivity contribution in [2.24, 2.45) is 23.7 Å².